The Balaban J connectivity index is 1.13. The summed E-state index contributed by atoms with van der Waals surface area (Å²) >= 11 is 1.36. The Bertz CT molecular complexity index is 1670. The van der Waals surface area contributed by atoms with Gasteiger partial charge in [-0.3, -0.25) is 4.90 Å². The van der Waals surface area contributed by atoms with E-state index in [1.54, 1.807) is 4.90 Å². The lowest BCUT2D eigenvalue weighted by molar-refractivity contribution is -0.137. The number of aliphatic imine (C=N–C) groups is 1. The standard InChI is InChI=1S/C33H35F3N6O2S/c1-21(2)27-15-10-22(3)17-28(27)42-29(43)19-45-32(42)39-31(44)37-16-5-4-7-23-8-6-9-24(18-23)30-38-20-41(40-30)26-13-11-25(12-14-26)33(34,35)36/h6,8-15,17-18,20-21,29,43H,4-5,7,16,19H2,1-3H3,(H,37,44)/b39-32-. The molecular formula is C33H35F3N6O2S. The third-order valence-electron chi connectivity index (χ3n) is 7.43. The Morgan fingerprint density at radius 3 is 2.62 bits per heavy atom. The molecule has 236 valence electrons. The SMILES string of the molecule is Cc1ccc(C(C)C)c(N2/C(=N/C(=O)NCCCCc3cccc(-c4ncn(-c5ccc(C(F)(F)F)cc5)n4)c3)SCC2O)c1. The van der Waals surface area contributed by atoms with Crippen LogP contribution in [0.3, 0.4) is 0 Å². The number of benzene rings is 3. The maximum absolute atomic E-state index is 12.9. The van der Waals surface area contributed by atoms with E-state index in [1.165, 1.54) is 34.9 Å². The maximum Gasteiger partial charge on any atom is 0.416 e. The zero-order valence-electron chi connectivity index (χ0n) is 25.3. The van der Waals surface area contributed by atoms with Crippen molar-refractivity contribution in [3.05, 3.63) is 95.3 Å². The van der Waals surface area contributed by atoms with Gasteiger partial charge in [0.25, 0.3) is 0 Å². The molecule has 45 heavy (non-hydrogen) atoms. The Hall–Kier alpha value is -4.16. The highest BCUT2D eigenvalue weighted by atomic mass is 32.2. The van der Waals surface area contributed by atoms with Crippen LogP contribution in [0.15, 0.2) is 78.0 Å². The lowest BCUT2D eigenvalue weighted by Crippen LogP contribution is -2.35. The van der Waals surface area contributed by atoms with Gasteiger partial charge in [0, 0.05) is 23.5 Å². The van der Waals surface area contributed by atoms with Crippen LogP contribution in [0.25, 0.3) is 17.1 Å². The van der Waals surface area contributed by atoms with Gasteiger partial charge in [-0.25, -0.2) is 14.5 Å². The molecule has 0 aliphatic carbocycles. The summed E-state index contributed by atoms with van der Waals surface area (Å²) in [6.45, 7) is 6.66. The molecule has 2 N–H and O–H groups in total. The predicted molar refractivity (Wildman–Crippen MR) is 172 cm³/mol. The smallest absolute Gasteiger partial charge is 0.372 e. The van der Waals surface area contributed by atoms with Crippen molar-refractivity contribution in [2.75, 3.05) is 17.2 Å². The second-order valence-corrected chi connectivity index (χ2v) is 12.2. The van der Waals surface area contributed by atoms with E-state index in [0.717, 1.165) is 59.3 Å². The molecule has 1 fully saturated rings. The van der Waals surface area contributed by atoms with E-state index in [2.05, 4.69) is 40.3 Å². The average Bonchev–Trinajstić information content (AvgIpc) is 3.64. The zero-order valence-corrected chi connectivity index (χ0v) is 26.1. The highest BCUT2D eigenvalue weighted by Gasteiger charge is 2.33. The molecule has 5 rings (SSSR count). The number of carbonyl (C=O) groups is 1. The molecule has 0 spiro atoms. The number of thioether (sulfide) groups is 1. The van der Waals surface area contributed by atoms with Gasteiger partial charge in [-0.15, -0.1) is 5.10 Å². The molecule has 0 radical (unpaired) electrons. The molecule has 1 aliphatic rings. The highest BCUT2D eigenvalue weighted by Crippen LogP contribution is 2.36. The van der Waals surface area contributed by atoms with Crippen molar-refractivity contribution in [3.63, 3.8) is 0 Å². The largest absolute Gasteiger partial charge is 0.416 e. The first-order chi connectivity index (χ1) is 21.5. The van der Waals surface area contributed by atoms with Crippen LogP contribution in [-0.2, 0) is 12.6 Å². The Labute approximate surface area is 264 Å². The van der Waals surface area contributed by atoms with Crippen LogP contribution in [0.5, 0.6) is 0 Å². The molecule has 1 atom stereocenters. The molecule has 8 nitrogen and oxygen atoms in total. The number of halogens is 3. The van der Waals surface area contributed by atoms with Crippen molar-refractivity contribution in [1.82, 2.24) is 20.1 Å². The minimum absolute atomic E-state index is 0.246. The summed E-state index contributed by atoms with van der Waals surface area (Å²) in [7, 11) is 0. The number of aliphatic hydroxyl groups excluding tert-OH is 1. The molecule has 1 aromatic heterocycles. The molecule has 1 aliphatic heterocycles. The quantitative estimate of drug-likeness (QED) is 0.187. The van der Waals surface area contributed by atoms with Gasteiger partial charge >= 0.3 is 12.2 Å². The summed E-state index contributed by atoms with van der Waals surface area (Å²) in [5.74, 6) is 1.15. The lowest BCUT2D eigenvalue weighted by atomic mass is 9.98. The number of rotatable bonds is 9. The molecule has 0 bridgehead atoms. The number of urea groups is 1. The fraction of sp³-hybridized carbons (Fsp3) is 0.333. The van der Waals surface area contributed by atoms with E-state index in [4.69, 9.17) is 0 Å². The molecule has 0 saturated carbocycles. The van der Waals surface area contributed by atoms with Crippen molar-refractivity contribution >= 4 is 28.6 Å². The van der Waals surface area contributed by atoms with Gasteiger partial charge in [0.15, 0.2) is 11.0 Å². The van der Waals surface area contributed by atoms with Crippen molar-refractivity contribution in [2.24, 2.45) is 4.99 Å². The molecule has 1 unspecified atom stereocenters. The fourth-order valence-corrected chi connectivity index (χ4v) is 6.04. The number of hydrogen-bond donors (Lipinski definition) is 2. The predicted octanol–water partition coefficient (Wildman–Crippen LogP) is 7.35. The normalized spacial score (nSPS) is 16.1. The number of aryl methyl sites for hydroxylation is 2. The third-order valence-corrected chi connectivity index (χ3v) is 8.45. The Kier molecular flexibility index (Phi) is 9.93. The monoisotopic (exact) mass is 636 g/mol. The van der Waals surface area contributed by atoms with E-state index < -0.39 is 24.0 Å². The lowest BCUT2D eigenvalue weighted by Gasteiger charge is -2.26. The summed E-state index contributed by atoms with van der Waals surface area (Å²) < 4.78 is 40.1. The summed E-state index contributed by atoms with van der Waals surface area (Å²) in [5.41, 5.74) is 4.67. The Morgan fingerprint density at radius 2 is 1.89 bits per heavy atom. The molecule has 2 amide bonds. The van der Waals surface area contributed by atoms with E-state index in [0.29, 0.717) is 29.0 Å². The van der Waals surface area contributed by atoms with Crippen molar-refractivity contribution in [3.8, 4) is 17.1 Å². The van der Waals surface area contributed by atoms with Gasteiger partial charge in [0.1, 0.15) is 12.6 Å². The number of carbonyl (C=O) groups excluding carboxylic acids is 1. The molecule has 2 heterocycles. The molecular weight excluding hydrogens is 601 g/mol. The number of hydrogen-bond acceptors (Lipinski definition) is 5. The van der Waals surface area contributed by atoms with Crippen molar-refractivity contribution < 1.29 is 23.1 Å². The zero-order chi connectivity index (χ0) is 32.1. The van der Waals surface area contributed by atoms with Gasteiger partial charge < -0.3 is 10.4 Å². The molecule has 1 saturated heterocycles. The number of aromatic nitrogens is 3. The summed E-state index contributed by atoms with van der Waals surface area (Å²) in [6.07, 6.45) is -1.33. The third kappa shape index (κ3) is 7.93. The van der Waals surface area contributed by atoms with E-state index >= 15 is 0 Å². The number of unbranched alkanes of at least 4 members (excludes halogenated alkanes) is 1. The van der Waals surface area contributed by atoms with Crippen LogP contribution in [0.4, 0.5) is 23.7 Å². The van der Waals surface area contributed by atoms with E-state index in [1.807, 2.05) is 43.3 Å². The van der Waals surface area contributed by atoms with Gasteiger partial charge in [-0.1, -0.05) is 55.9 Å². The van der Waals surface area contributed by atoms with Crippen molar-refractivity contribution in [1.29, 1.82) is 0 Å². The first-order valence-electron chi connectivity index (χ1n) is 14.8. The average molecular weight is 637 g/mol. The first-order valence-corrected chi connectivity index (χ1v) is 15.7. The first kappa shape index (κ1) is 32.2. The van der Waals surface area contributed by atoms with Gasteiger partial charge in [0.2, 0.25) is 0 Å². The number of aliphatic hydroxyl groups is 1. The molecule has 4 aromatic rings. The van der Waals surface area contributed by atoms with Crippen LogP contribution < -0.4 is 10.2 Å². The number of nitrogens with one attached hydrogen (secondary N) is 1. The number of amidine groups is 1. The van der Waals surface area contributed by atoms with Gasteiger partial charge in [-0.05, 0) is 85.2 Å². The summed E-state index contributed by atoms with van der Waals surface area (Å²) in [6, 6.07) is 18.3. The number of anilines is 1. The van der Waals surface area contributed by atoms with Crippen LogP contribution in [0.1, 0.15) is 54.9 Å². The summed E-state index contributed by atoms with van der Waals surface area (Å²) in [4.78, 5) is 23.1. The molecule has 12 heteroatoms. The number of amides is 2. The van der Waals surface area contributed by atoms with Crippen molar-refractivity contribution in [2.45, 2.75) is 58.4 Å². The molecule has 3 aromatic carbocycles. The second-order valence-electron chi connectivity index (χ2n) is 11.2. The van der Waals surface area contributed by atoms with E-state index in [-0.39, 0.29) is 5.92 Å². The minimum atomic E-state index is -4.40. The van der Waals surface area contributed by atoms with Crippen LogP contribution in [0, 0.1) is 6.92 Å². The topological polar surface area (TPSA) is 95.6 Å². The highest BCUT2D eigenvalue weighted by molar-refractivity contribution is 8.14. The van der Waals surface area contributed by atoms with Gasteiger partial charge in [0.05, 0.1) is 11.3 Å². The number of nitrogens with zero attached hydrogens (tertiary/aromatic N) is 5. The van der Waals surface area contributed by atoms with Crippen LogP contribution in [0.2, 0.25) is 0 Å². The van der Waals surface area contributed by atoms with Crippen LogP contribution >= 0.6 is 11.8 Å². The van der Waals surface area contributed by atoms with E-state index in [9.17, 15) is 23.1 Å². The second kappa shape index (κ2) is 13.9. The maximum atomic E-state index is 12.9. The van der Waals surface area contributed by atoms with Crippen LogP contribution in [-0.4, -0.2) is 49.6 Å². The van der Waals surface area contributed by atoms with Gasteiger partial charge in [-0.2, -0.15) is 18.2 Å². The fourth-order valence-electron chi connectivity index (χ4n) is 5.09. The minimum Gasteiger partial charge on any atom is -0.372 e. The number of alkyl halides is 3. The Morgan fingerprint density at radius 1 is 1.11 bits per heavy atom. The summed E-state index contributed by atoms with van der Waals surface area (Å²) in [5, 5.41) is 18.5.